The molecule has 172 valence electrons. The molecule has 8 nitrogen and oxygen atoms in total. The van der Waals surface area contributed by atoms with Crippen LogP contribution < -0.4 is 10.9 Å². The molecule has 0 saturated carbocycles. The molecule has 0 saturated heterocycles. The Morgan fingerprint density at radius 1 is 1.06 bits per heavy atom. The van der Waals surface area contributed by atoms with Crippen molar-refractivity contribution in [1.29, 1.82) is 0 Å². The summed E-state index contributed by atoms with van der Waals surface area (Å²) >= 11 is 0. The smallest absolute Gasteiger partial charge is 0.412 e. The number of H-pyrrole nitrogens is 2. The van der Waals surface area contributed by atoms with E-state index in [1.807, 2.05) is 69.3 Å². The van der Waals surface area contributed by atoms with Crippen LogP contribution in [0.3, 0.4) is 0 Å². The van der Waals surface area contributed by atoms with Crippen LogP contribution in [0.5, 0.6) is 0 Å². The lowest BCUT2D eigenvalue weighted by molar-refractivity contribution is -0.136. The number of hydrogen-bond donors (Lipinski definition) is 4. The van der Waals surface area contributed by atoms with E-state index in [4.69, 9.17) is 9.84 Å². The molecule has 0 aliphatic rings. The van der Waals surface area contributed by atoms with Crippen molar-refractivity contribution < 1.29 is 19.4 Å². The number of para-hydroxylation sites is 1. The van der Waals surface area contributed by atoms with Crippen molar-refractivity contribution in [3.05, 3.63) is 65.1 Å². The van der Waals surface area contributed by atoms with Crippen molar-refractivity contribution in [2.24, 2.45) is 0 Å². The maximum Gasteiger partial charge on any atom is 0.412 e. The SMILES string of the molecule is CC(C)(C)OC(=O)Nc1ccccc1-c1ccc2[nH]c(=O)c3[nH]ccc3c2c1.CCC(=O)O. The van der Waals surface area contributed by atoms with Gasteiger partial charge in [0.1, 0.15) is 11.1 Å². The van der Waals surface area contributed by atoms with Crippen LogP contribution in [0.15, 0.2) is 59.5 Å². The summed E-state index contributed by atoms with van der Waals surface area (Å²) in [7, 11) is 0. The fourth-order valence-electron chi connectivity index (χ4n) is 3.27. The minimum Gasteiger partial charge on any atom is -0.481 e. The molecule has 0 fully saturated rings. The van der Waals surface area contributed by atoms with Crippen LogP contribution in [-0.4, -0.2) is 32.7 Å². The number of carboxylic acids is 1. The average molecular weight is 450 g/mol. The van der Waals surface area contributed by atoms with Gasteiger partial charge in [-0.2, -0.15) is 0 Å². The third kappa shape index (κ3) is 5.79. The van der Waals surface area contributed by atoms with E-state index in [0.29, 0.717) is 11.2 Å². The number of rotatable bonds is 3. The Kier molecular flexibility index (Phi) is 6.86. The van der Waals surface area contributed by atoms with E-state index in [-0.39, 0.29) is 12.0 Å². The number of benzene rings is 2. The van der Waals surface area contributed by atoms with E-state index in [2.05, 4.69) is 15.3 Å². The number of nitrogens with one attached hydrogen (secondary N) is 3. The van der Waals surface area contributed by atoms with E-state index in [1.165, 1.54) is 0 Å². The number of aromatic nitrogens is 2. The highest BCUT2D eigenvalue weighted by Crippen LogP contribution is 2.32. The van der Waals surface area contributed by atoms with Crippen LogP contribution in [0.2, 0.25) is 0 Å². The Bertz CT molecular complexity index is 1360. The zero-order valence-electron chi connectivity index (χ0n) is 19.0. The molecule has 2 aromatic heterocycles. The van der Waals surface area contributed by atoms with Gasteiger partial charge in [0.2, 0.25) is 0 Å². The van der Waals surface area contributed by atoms with Crippen LogP contribution in [0.25, 0.3) is 32.9 Å². The minimum absolute atomic E-state index is 0.146. The lowest BCUT2D eigenvalue weighted by Crippen LogP contribution is -2.27. The number of amides is 1. The summed E-state index contributed by atoms with van der Waals surface area (Å²) in [6.07, 6.45) is 1.47. The highest BCUT2D eigenvalue weighted by molar-refractivity contribution is 6.06. The highest BCUT2D eigenvalue weighted by Gasteiger charge is 2.17. The second kappa shape index (κ2) is 9.60. The standard InChI is InChI=1S/C22H21N3O3.C3H6O2/c1-22(2,3)28-21(27)25-17-7-5-4-6-14(17)13-8-9-18-16(12-13)15-10-11-23-19(15)20(26)24-18;1-2-3(4)5/h4-12,23H,1-3H3,(H,24,26)(H,25,27);2H2,1H3,(H,4,5). The number of aliphatic carboxylic acids is 1. The molecule has 0 spiro atoms. The first-order chi connectivity index (χ1) is 15.6. The van der Waals surface area contributed by atoms with Crippen molar-refractivity contribution in [3.8, 4) is 11.1 Å². The third-order valence-corrected chi connectivity index (χ3v) is 4.71. The molecule has 4 N–H and O–H groups in total. The molecule has 4 aromatic rings. The number of carbonyl (C=O) groups is 2. The van der Waals surface area contributed by atoms with Crippen LogP contribution in [-0.2, 0) is 9.53 Å². The van der Waals surface area contributed by atoms with Gasteiger partial charge in [0, 0.05) is 34.5 Å². The number of carbonyl (C=O) groups excluding carboxylic acids is 1. The second-order valence-electron chi connectivity index (χ2n) is 8.40. The van der Waals surface area contributed by atoms with Gasteiger partial charge >= 0.3 is 12.1 Å². The lowest BCUT2D eigenvalue weighted by atomic mass is 10.0. The van der Waals surface area contributed by atoms with Gasteiger partial charge in [-0.05, 0) is 50.6 Å². The first-order valence-corrected chi connectivity index (χ1v) is 10.5. The van der Waals surface area contributed by atoms with E-state index in [0.717, 1.165) is 27.4 Å². The Hall–Kier alpha value is -4.07. The number of aromatic amines is 2. The van der Waals surface area contributed by atoms with Gasteiger partial charge in [0.05, 0.1) is 5.69 Å². The molecule has 33 heavy (non-hydrogen) atoms. The number of ether oxygens (including phenoxy) is 1. The summed E-state index contributed by atoms with van der Waals surface area (Å²) in [6, 6.07) is 15.3. The number of anilines is 1. The molecular weight excluding hydrogens is 422 g/mol. The molecule has 0 radical (unpaired) electrons. The maximum absolute atomic E-state index is 12.2. The van der Waals surface area contributed by atoms with Crippen LogP contribution >= 0.6 is 0 Å². The van der Waals surface area contributed by atoms with Gasteiger partial charge in [0.15, 0.2) is 0 Å². The lowest BCUT2D eigenvalue weighted by Gasteiger charge is -2.20. The molecule has 0 aliphatic heterocycles. The van der Waals surface area contributed by atoms with Gasteiger partial charge in [-0.25, -0.2) is 4.79 Å². The number of fused-ring (bicyclic) bond motifs is 3. The quantitative estimate of drug-likeness (QED) is 0.328. The van der Waals surface area contributed by atoms with E-state index in [9.17, 15) is 14.4 Å². The normalized spacial score (nSPS) is 11.0. The van der Waals surface area contributed by atoms with Crippen LogP contribution in [0, 0.1) is 0 Å². The highest BCUT2D eigenvalue weighted by atomic mass is 16.6. The predicted molar refractivity (Wildman–Crippen MR) is 130 cm³/mol. The third-order valence-electron chi connectivity index (χ3n) is 4.71. The predicted octanol–water partition coefficient (Wildman–Crippen LogP) is 5.50. The minimum atomic E-state index is -0.745. The Labute approximate surface area is 190 Å². The topological polar surface area (TPSA) is 124 Å². The fourth-order valence-corrected chi connectivity index (χ4v) is 3.27. The van der Waals surface area contributed by atoms with Gasteiger partial charge in [-0.3, -0.25) is 14.9 Å². The van der Waals surface area contributed by atoms with E-state index < -0.39 is 17.7 Å². The molecule has 0 unspecified atom stereocenters. The number of pyridine rings is 1. The van der Waals surface area contributed by atoms with E-state index in [1.54, 1.807) is 13.1 Å². The van der Waals surface area contributed by atoms with Crippen LogP contribution in [0.4, 0.5) is 10.5 Å². The molecule has 4 rings (SSSR count). The Balaban J connectivity index is 0.000000555. The summed E-state index contributed by atoms with van der Waals surface area (Å²) in [5.74, 6) is -0.745. The number of hydrogen-bond acceptors (Lipinski definition) is 4. The molecular formula is C25H27N3O5. The van der Waals surface area contributed by atoms with Crippen molar-refractivity contribution in [1.82, 2.24) is 9.97 Å². The summed E-state index contributed by atoms with van der Waals surface area (Å²) in [5, 5.41) is 12.3. The van der Waals surface area contributed by atoms with Gasteiger partial charge < -0.3 is 19.8 Å². The zero-order chi connectivity index (χ0) is 24.2. The monoisotopic (exact) mass is 449 g/mol. The Morgan fingerprint density at radius 3 is 2.42 bits per heavy atom. The van der Waals surface area contributed by atoms with Gasteiger partial charge in [0.25, 0.3) is 5.56 Å². The first kappa shape index (κ1) is 23.6. The summed E-state index contributed by atoms with van der Waals surface area (Å²) in [4.78, 5) is 39.6. The van der Waals surface area contributed by atoms with Crippen molar-refractivity contribution in [2.45, 2.75) is 39.7 Å². The van der Waals surface area contributed by atoms with Gasteiger partial charge in [-0.1, -0.05) is 31.2 Å². The Morgan fingerprint density at radius 2 is 1.76 bits per heavy atom. The summed E-state index contributed by atoms with van der Waals surface area (Å²) in [6.45, 7) is 7.07. The van der Waals surface area contributed by atoms with Crippen LogP contribution in [0.1, 0.15) is 34.1 Å². The maximum atomic E-state index is 12.2. The number of carboxylic acid groups (broad SMARTS) is 1. The van der Waals surface area contributed by atoms with Crippen molar-refractivity contribution >= 4 is 39.6 Å². The van der Waals surface area contributed by atoms with Gasteiger partial charge in [-0.15, -0.1) is 0 Å². The summed E-state index contributed by atoms with van der Waals surface area (Å²) < 4.78 is 5.37. The largest absolute Gasteiger partial charge is 0.481 e. The molecule has 0 atom stereocenters. The molecule has 2 aromatic carbocycles. The molecule has 2 heterocycles. The first-order valence-electron chi connectivity index (χ1n) is 10.5. The van der Waals surface area contributed by atoms with Crippen molar-refractivity contribution in [2.75, 3.05) is 5.32 Å². The fraction of sp³-hybridized carbons (Fsp3) is 0.240. The molecule has 1 amide bonds. The zero-order valence-corrected chi connectivity index (χ0v) is 19.0. The molecule has 0 aliphatic carbocycles. The second-order valence-corrected chi connectivity index (χ2v) is 8.40. The van der Waals surface area contributed by atoms with E-state index >= 15 is 0 Å². The molecule has 0 bridgehead atoms. The molecule has 8 heteroatoms. The average Bonchev–Trinajstić information content (AvgIpc) is 3.24. The van der Waals surface area contributed by atoms with Crippen molar-refractivity contribution in [3.63, 3.8) is 0 Å². The summed E-state index contributed by atoms with van der Waals surface area (Å²) in [5.41, 5.74) is 3.04.